The van der Waals surface area contributed by atoms with Gasteiger partial charge >= 0.3 is 0 Å². The van der Waals surface area contributed by atoms with Gasteiger partial charge in [-0.05, 0) is 48.7 Å². The number of hydrogen-bond donors (Lipinski definition) is 1. The monoisotopic (exact) mass is 305 g/mol. The third-order valence-electron chi connectivity index (χ3n) is 3.75. The van der Waals surface area contributed by atoms with Crippen molar-refractivity contribution in [2.75, 3.05) is 13.1 Å². The van der Waals surface area contributed by atoms with E-state index in [1.165, 1.54) is 23.3 Å². The van der Waals surface area contributed by atoms with E-state index in [0.717, 1.165) is 25.1 Å². The van der Waals surface area contributed by atoms with Crippen molar-refractivity contribution in [3.63, 3.8) is 0 Å². The first-order valence-corrected chi connectivity index (χ1v) is 7.69. The molecule has 0 heterocycles. The van der Waals surface area contributed by atoms with Gasteiger partial charge in [-0.25, -0.2) is 4.39 Å². The largest absolute Gasteiger partial charge is 0.316 e. The molecule has 0 aliphatic carbocycles. The highest BCUT2D eigenvalue weighted by Gasteiger charge is 2.15. The van der Waals surface area contributed by atoms with Gasteiger partial charge in [0.05, 0.1) is 0 Å². The Morgan fingerprint density at radius 2 is 1.95 bits per heavy atom. The molecule has 1 nitrogen and oxygen atoms in total. The summed E-state index contributed by atoms with van der Waals surface area (Å²) in [6.07, 6.45) is 0.803. The third-order valence-corrected chi connectivity index (χ3v) is 4.10. The van der Waals surface area contributed by atoms with E-state index in [9.17, 15) is 4.39 Å². The van der Waals surface area contributed by atoms with Crippen LogP contribution in [0.5, 0.6) is 0 Å². The normalized spacial score (nSPS) is 12.4. The fourth-order valence-electron chi connectivity index (χ4n) is 2.61. The van der Waals surface area contributed by atoms with E-state index < -0.39 is 0 Å². The molecule has 0 aliphatic rings. The summed E-state index contributed by atoms with van der Waals surface area (Å²) < 4.78 is 13.2. The highest BCUT2D eigenvalue weighted by molar-refractivity contribution is 6.31. The maximum atomic E-state index is 13.2. The van der Waals surface area contributed by atoms with Crippen molar-refractivity contribution in [3.8, 4) is 0 Å². The summed E-state index contributed by atoms with van der Waals surface area (Å²) in [6, 6.07) is 13.0. The van der Waals surface area contributed by atoms with Gasteiger partial charge in [-0.2, -0.15) is 0 Å². The van der Waals surface area contributed by atoms with Crippen LogP contribution >= 0.6 is 11.6 Å². The molecule has 0 amide bonds. The van der Waals surface area contributed by atoms with E-state index in [4.69, 9.17) is 11.6 Å². The Labute approximate surface area is 131 Å². The van der Waals surface area contributed by atoms with Crippen LogP contribution in [0.3, 0.4) is 0 Å². The molecule has 0 aromatic heterocycles. The molecule has 112 valence electrons. The lowest BCUT2D eigenvalue weighted by Crippen LogP contribution is -2.23. The molecule has 3 heteroatoms. The lowest BCUT2D eigenvalue weighted by molar-refractivity contribution is 0.590. The van der Waals surface area contributed by atoms with Crippen LogP contribution in [0.1, 0.15) is 29.5 Å². The molecule has 0 aliphatic heterocycles. The van der Waals surface area contributed by atoms with E-state index in [2.05, 4.69) is 37.4 Å². The molecule has 21 heavy (non-hydrogen) atoms. The Hall–Kier alpha value is -1.38. The van der Waals surface area contributed by atoms with E-state index in [0.29, 0.717) is 10.9 Å². The molecular formula is C18H21ClFN. The Morgan fingerprint density at radius 3 is 2.62 bits per heavy atom. The van der Waals surface area contributed by atoms with E-state index in [1.54, 1.807) is 6.07 Å². The number of rotatable bonds is 6. The van der Waals surface area contributed by atoms with Crippen molar-refractivity contribution in [3.05, 3.63) is 70.0 Å². The molecule has 0 radical (unpaired) electrons. The summed E-state index contributed by atoms with van der Waals surface area (Å²) in [5, 5.41) is 3.91. The Balaban J connectivity index is 2.26. The van der Waals surface area contributed by atoms with Gasteiger partial charge < -0.3 is 5.32 Å². The quantitative estimate of drug-likeness (QED) is 0.814. The summed E-state index contributed by atoms with van der Waals surface area (Å²) in [7, 11) is 0. The van der Waals surface area contributed by atoms with Crippen molar-refractivity contribution in [2.45, 2.75) is 26.2 Å². The smallest absolute Gasteiger partial charge is 0.124 e. The van der Waals surface area contributed by atoms with Crippen LogP contribution in [0, 0.1) is 12.7 Å². The van der Waals surface area contributed by atoms with Gasteiger partial charge in [-0.15, -0.1) is 0 Å². The summed E-state index contributed by atoms with van der Waals surface area (Å²) in [6.45, 7) is 6.04. The highest BCUT2D eigenvalue weighted by Crippen LogP contribution is 2.27. The minimum atomic E-state index is -0.289. The van der Waals surface area contributed by atoms with Gasteiger partial charge in [0, 0.05) is 17.5 Å². The fraction of sp³-hybridized carbons (Fsp3) is 0.333. The van der Waals surface area contributed by atoms with Crippen molar-refractivity contribution in [2.24, 2.45) is 0 Å². The van der Waals surface area contributed by atoms with Crippen LogP contribution in [-0.4, -0.2) is 13.1 Å². The van der Waals surface area contributed by atoms with E-state index in [1.807, 2.05) is 6.07 Å². The lowest BCUT2D eigenvalue weighted by Gasteiger charge is -2.20. The summed E-state index contributed by atoms with van der Waals surface area (Å²) in [5.74, 6) is 0.0389. The molecule has 2 aromatic carbocycles. The minimum absolute atomic E-state index is 0.289. The second-order valence-electron chi connectivity index (χ2n) is 5.30. The Bertz CT molecular complexity index is 598. The van der Waals surface area contributed by atoms with Crippen molar-refractivity contribution < 1.29 is 4.39 Å². The first-order valence-electron chi connectivity index (χ1n) is 7.32. The first kappa shape index (κ1) is 16.0. The van der Waals surface area contributed by atoms with Gasteiger partial charge in [-0.1, -0.05) is 48.9 Å². The summed E-state index contributed by atoms with van der Waals surface area (Å²) in [4.78, 5) is 0. The molecule has 0 fully saturated rings. The summed E-state index contributed by atoms with van der Waals surface area (Å²) >= 11 is 6.17. The van der Waals surface area contributed by atoms with Gasteiger partial charge in [0.25, 0.3) is 0 Å². The van der Waals surface area contributed by atoms with Crippen LogP contribution < -0.4 is 5.32 Å². The molecule has 1 unspecified atom stereocenters. The van der Waals surface area contributed by atoms with Crippen LogP contribution in [0.2, 0.25) is 5.02 Å². The topological polar surface area (TPSA) is 12.0 Å². The van der Waals surface area contributed by atoms with Crippen LogP contribution in [0.15, 0.2) is 42.5 Å². The zero-order valence-electron chi connectivity index (χ0n) is 12.5. The van der Waals surface area contributed by atoms with Crippen molar-refractivity contribution in [1.82, 2.24) is 5.32 Å². The molecule has 0 bridgehead atoms. The zero-order chi connectivity index (χ0) is 15.2. The molecule has 0 spiro atoms. The zero-order valence-corrected chi connectivity index (χ0v) is 13.3. The van der Waals surface area contributed by atoms with Gasteiger partial charge in [0.1, 0.15) is 5.82 Å². The Kier molecular flexibility index (Phi) is 5.77. The standard InChI is InChI=1S/C18H21ClFN/c1-3-21-12-15(17-7-5-4-6-13(17)2)10-14-8-9-16(20)11-18(14)19/h4-9,11,15,21H,3,10,12H2,1-2H3. The van der Waals surface area contributed by atoms with Crippen LogP contribution in [0.25, 0.3) is 0 Å². The number of nitrogens with one attached hydrogen (secondary N) is 1. The average Bonchev–Trinajstić information content (AvgIpc) is 2.46. The molecule has 2 rings (SSSR count). The second-order valence-corrected chi connectivity index (χ2v) is 5.71. The predicted octanol–water partition coefficient (Wildman–Crippen LogP) is 4.72. The van der Waals surface area contributed by atoms with Gasteiger partial charge in [0.2, 0.25) is 0 Å². The Morgan fingerprint density at radius 1 is 1.19 bits per heavy atom. The lowest BCUT2D eigenvalue weighted by atomic mass is 9.89. The SMILES string of the molecule is CCNCC(Cc1ccc(F)cc1Cl)c1ccccc1C. The molecule has 2 aromatic rings. The van der Waals surface area contributed by atoms with Crippen molar-refractivity contribution >= 4 is 11.6 Å². The number of likely N-dealkylation sites (N-methyl/N-ethyl adjacent to an activating group) is 1. The maximum Gasteiger partial charge on any atom is 0.124 e. The maximum absolute atomic E-state index is 13.2. The summed E-state index contributed by atoms with van der Waals surface area (Å²) in [5.41, 5.74) is 3.58. The molecule has 1 atom stereocenters. The second kappa shape index (κ2) is 7.58. The predicted molar refractivity (Wildman–Crippen MR) is 87.6 cm³/mol. The molecule has 1 N–H and O–H groups in total. The number of halogens is 2. The highest BCUT2D eigenvalue weighted by atomic mass is 35.5. The van der Waals surface area contributed by atoms with Crippen LogP contribution in [-0.2, 0) is 6.42 Å². The number of hydrogen-bond acceptors (Lipinski definition) is 1. The first-order chi connectivity index (χ1) is 10.1. The number of aryl methyl sites for hydroxylation is 1. The number of benzene rings is 2. The third kappa shape index (κ3) is 4.29. The average molecular weight is 306 g/mol. The minimum Gasteiger partial charge on any atom is -0.316 e. The van der Waals surface area contributed by atoms with Gasteiger partial charge in [-0.3, -0.25) is 0 Å². The van der Waals surface area contributed by atoms with Crippen LogP contribution in [0.4, 0.5) is 4.39 Å². The van der Waals surface area contributed by atoms with Crippen molar-refractivity contribution in [1.29, 1.82) is 0 Å². The molecule has 0 saturated carbocycles. The van der Waals surface area contributed by atoms with E-state index in [-0.39, 0.29) is 5.82 Å². The molecular weight excluding hydrogens is 285 g/mol. The van der Waals surface area contributed by atoms with Gasteiger partial charge in [0.15, 0.2) is 0 Å². The van der Waals surface area contributed by atoms with E-state index >= 15 is 0 Å². The fourth-order valence-corrected chi connectivity index (χ4v) is 2.85. The molecule has 0 saturated heterocycles.